The summed E-state index contributed by atoms with van der Waals surface area (Å²) in [6.07, 6.45) is 3.34. The van der Waals surface area contributed by atoms with E-state index in [-0.39, 0.29) is 5.82 Å². The maximum absolute atomic E-state index is 14.0. The normalized spacial score (nSPS) is 10.5. The van der Waals surface area contributed by atoms with Crippen LogP contribution in [-0.4, -0.2) is 23.6 Å². The Balaban J connectivity index is 2.47. The molecule has 2 rings (SSSR count). The second-order valence-corrected chi connectivity index (χ2v) is 4.82. The van der Waals surface area contributed by atoms with Crippen LogP contribution in [0.2, 0.25) is 0 Å². The van der Waals surface area contributed by atoms with Gasteiger partial charge in [0.25, 0.3) is 0 Å². The molecule has 0 spiro atoms. The second-order valence-electron chi connectivity index (χ2n) is 4.82. The van der Waals surface area contributed by atoms with Crippen LogP contribution in [-0.2, 0) is 6.42 Å². The zero-order valence-corrected chi connectivity index (χ0v) is 12.7. The standard InChI is InChI=1S/C16H21FN4/c1-4-8-12-15(18-5-2)19-11-20-16(12)21(3)14-10-7-6-9-13(14)17/h6-7,9-11H,4-5,8H2,1-3H3,(H,18,19,20). The van der Waals surface area contributed by atoms with E-state index in [1.54, 1.807) is 17.0 Å². The minimum absolute atomic E-state index is 0.258. The van der Waals surface area contributed by atoms with Crippen LogP contribution in [0.5, 0.6) is 0 Å². The van der Waals surface area contributed by atoms with Gasteiger partial charge in [0.05, 0.1) is 5.69 Å². The van der Waals surface area contributed by atoms with Gasteiger partial charge in [-0.05, 0) is 25.5 Å². The number of hydrogen-bond acceptors (Lipinski definition) is 4. The van der Waals surface area contributed by atoms with Crippen LogP contribution in [0.25, 0.3) is 0 Å². The van der Waals surface area contributed by atoms with Gasteiger partial charge < -0.3 is 10.2 Å². The smallest absolute Gasteiger partial charge is 0.146 e. The zero-order valence-electron chi connectivity index (χ0n) is 12.7. The number of nitrogens with zero attached hydrogens (tertiary/aromatic N) is 3. The van der Waals surface area contributed by atoms with Gasteiger partial charge in [-0.25, -0.2) is 14.4 Å². The van der Waals surface area contributed by atoms with E-state index < -0.39 is 0 Å². The van der Waals surface area contributed by atoms with Gasteiger partial charge in [-0.1, -0.05) is 25.5 Å². The molecule has 0 saturated heterocycles. The number of rotatable bonds is 6. The maximum atomic E-state index is 14.0. The van der Waals surface area contributed by atoms with E-state index in [9.17, 15) is 4.39 Å². The molecule has 0 amide bonds. The summed E-state index contributed by atoms with van der Waals surface area (Å²) in [4.78, 5) is 10.4. The second kappa shape index (κ2) is 7.02. The Bertz CT molecular complexity index is 601. The van der Waals surface area contributed by atoms with Crippen LogP contribution in [0.4, 0.5) is 21.7 Å². The Kier molecular flexibility index (Phi) is 5.09. The lowest BCUT2D eigenvalue weighted by atomic mass is 10.1. The first-order valence-corrected chi connectivity index (χ1v) is 7.25. The first-order chi connectivity index (χ1) is 10.2. The molecule has 21 heavy (non-hydrogen) atoms. The van der Waals surface area contributed by atoms with Gasteiger partial charge in [-0.2, -0.15) is 0 Å². The summed E-state index contributed by atoms with van der Waals surface area (Å²) in [7, 11) is 1.83. The van der Waals surface area contributed by atoms with Gasteiger partial charge in [0.15, 0.2) is 0 Å². The van der Waals surface area contributed by atoms with Gasteiger partial charge in [0.1, 0.15) is 23.8 Å². The highest BCUT2D eigenvalue weighted by atomic mass is 19.1. The molecule has 0 aliphatic rings. The quantitative estimate of drug-likeness (QED) is 0.878. The van der Waals surface area contributed by atoms with E-state index in [1.807, 2.05) is 20.0 Å². The molecule has 1 N–H and O–H groups in total. The molecular formula is C16H21FN4. The van der Waals surface area contributed by atoms with Gasteiger partial charge in [0.2, 0.25) is 0 Å². The number of hydrogen-bond donors (Lipinski definition) is 1. The van der Waals surface area contributed by atoms with Crippen LogP contribution in [0.3, 0.4) is 0 Å². The zero-order chi connectivity index (χ0) is 15.2. The van der Waals surface area contributed by atoms with Crippen LogP contribution >= 0.6 is 0 Å². The molecule has 112 valence electrons. The number of aromatic nitrogens is 2. The molecular weight excluding hydrogens is 267 g/mol. The Labute approximate surface area is 125 Å². The highest BCUT2D eigenvalue weighted by molar-refractivity contribution is 5.67. The molecule has 0 radical (unpaired) electrons. The predicted octanol–water partition coefficient (Wildman–Crippen LogP) is 3.77. The highest BCUT2D eigenvalue weighted by Gasteiger charge is 2.17. The Morgan fingerprint density at radius 2 is 1.95 bits per heavy atom. The summed E-state index contributed by atoms with van der Waals surface area (Å²) in [6, 6.07) is 6.71. The molecule has 5 heteroatoms. The number of nitrogens with one attached hydrogen (secondary N) is 1. The highest BCUT2D eigenvalue weighted by Crippen LogP contribution is 2.30. The van der Waals surface area contributed by atoms with Crippen LogP contribution in [0.15, 0.2) is 30.6 Å². The molecule has 0 fully saturated rings. The van der Waals surface area contributed by atoms with Crippen LogP contribution in [0, 0.1) is 5.82 Å². The average molecular weight is 288 g/mol. The third kappa shape index (κ3) is 3.29. The largest absolute Gasteiger partial charge is 0.370 e. The lowest BCUT2D eigenvalue weighted by molar-refractivity contribution is 0.627. The summed E-state index contributed by atoms with van der Waals surface area (Å²) in [5, 5.41) is 3.25. The molecule has 0 aliphatic heterocycles. The first-order valence-electron chi connectivity index (χ1n) is 7.25. The van der Waals surface area contributed by atoms with Crippen molar-refractivity contribution in [3.05, 3.63) is 42.0 Å². The van der Waals surface area contributed by atoms with Gasteiger partial charge >= 0.3 is 0 Å². The fraction of sp³-hybridized carbons (Fsp3) is 0.375. The summed E-state index contributed by atoms with van der Waals surface area (Å²) in [5.74, 6) is 1.31. The molecule has 0 atom stereocenters. The molecule has 0 saturated carbocycles. The fourth-order valence-corrected chi connectivity index (χ4v) is 2.33. The lowest BCUT2D eigenvalue weighted by Gasteiger charge is -2.23. The SMILES string of the molecule is CCCc1c(NCC)ncnc1N(C)c1ccccc1F. The number of para-hydroxylation sites is 1. The predicted molar refractivity (Wildman–Crippen MR) is 84.7 cm³/mol. The summed E-state index contributed by atoms with van der Waals surface area (Å²) in [5.41, 5.74) is 1.53. The minimum Gasteiger partial charge on any atom is -0.370 e. The molecule has 4 nitrogen and oxygen atoms in total. The van der Waals surface area contributed by atoms with Crippen molar-refractivity contribution in [1.82, 2.24) is 9.97 Å². The van der Waals surface area contributed by atoms with E-state index in [1.165, 1.54) is 12.4 Å². The van der Waals surface area contributed by atoms with Crippen molar-refractivity contribution in [2.75, 3.05) is 23.8 Å². The first kappa shape index (κ1) is 15.2. The van der Waals surface area contributed by atoms with Crippen LogP contribution < -0.4 is 10.2 Å². The lowest BCUT2D eigenvalue weighted by Crippen LogP contribution is -2.17. The molecule has 1 aromatic heterocycles. The molecule has 1 heterocycles. The van der Waals surface area contributed by atoms with Crippen molar-refractivity contribution in [3.63, 3.8) is 0 Å². The minimum atomic E-state index is -0.258. The summed E-state index contributed by atoms with van der Waals surface area (Å²) in [6.45, 7) is 4.92. The summed E-state index contributed by atoms with van der Waals surface area (Å²) >= 11 is 0. The molecule has 0 aliphatic carbocycles. The van der Waals surface area contributed by atoms with Crippen molar-refractivity contribution >= 4 is 17.3 Å². The third-order valence-corrected chi connectivity index (χ3v) is 3.30. The van der Waals surface area contributed by atoms with Crippen molar-refractivity contribution in [1.29, 1.82) is 0 Å². The van der Waals surface area contributed by atoms with Crippen molar-refractivity contribution < 1.29 is 4.39 Å². The van der Waals surface area contributed by atoms with Gasteiger partial charge in [-0.3, -0.25) is 0 Å². The van der Waals surface area contributed by atoms with E-state index in [2.05, 4.69) is 22.2 Å². The van der Waals surface area contributed by atoms with Crippen molar-refractivity contribution in [3.8, 4) is 0 Å². The molecule has 2 aromatic rings. The third-order valence-electron chi connectivity index (χ3n) is 3.30. The van der Waals surface area contributed by atoms with E-state index >= 15 is 0 Å². The maximum Gasteiger partial charge on any atom is 0.146 e. The van der Waals surface area contributed by atoms with Gasteiger partial charge in [-0.15, -0.1) is 0 Å². The number of anilines is 3. The topological polar surface area (TPSA) is 41.1 Å². The molecule has 1 aromatic carbocycles. The fourth-order valence-electron chi connectivity index (χ4n) is 2.33. The van der Waals surface area contributed by atoms with E-state index in [4.69, 9.17) is 0 Å². The average Bonchev–Trinajstić information content (AvgIpc) is 2.49. The van der Waals surface area contributed by atoms with Crippen LogP contribution in [0.1, 0.15) is 25.8 Å². The van der Waals surface area contributed by atoms with Crippen molar-refractivity contribution in [2.45, 2.75) is 26.7 Å². The molecule has 0 bridgehead atoms. The van der Waals surface area contributed by atoms with Crippen molar-refractivity contribution in [2.24, 2.45) is 0 Å². The number of halogens is 1. The number of benzene rings is 1. The van der Waals surface area contributed by atoms with Gasteiger partial charge in [0, 0.05) is 19.2 Å². The Morgan fingerprint density at radius 1 is 1.19 bits per heavy atom. The Hall–Kier alpha value is -2.17. The Morgan fingerprint density at radius 3 is 2.62 bits per heavy atom. The molecule has 0 unspecified atom stereocenters. The summed E-state index contributed by atoms with van der Waals surface area (Å²) < 4.78 is 14.0. The van der Waals surface area contributed by atoms with E-state index in [0.717, 1.165) is 36.6 Å². The van der Waals surface area contributed by atoms with E-state index in [0.29, 0.717) is 5.69 Å². The monoisotopic (exact) mass is 288 g/mol.